The monoisotopic (exact) mass is 283 g/mol. The summed E-state index contributed by atoms with van der Waals surface area (Å²) in [6.45, 7) is 8.37. The Morgan fingerprint density at radius 1 is 1.21 bits per heavy atom. The lowest BCUT2D eigenvalue weighted by Crippen LogP contribution is -2.05. The minimum absolute atomic E-state index is 0.170. The van der Waals surface area contributed by atoms with E-state index in [0.29, 0.717) is 11.5 Å². The molecule has 0 spiro atoms. The van der Waals surface area contributed by atoms with E-state index in [0.717, 1.165) is 24.0 Å². The van der Waals surface area contributed by atoms with Crippen LogP contribution in [0.5, 0.6) is 0 Å². The van der Waals surface area contributed by atoms with Gasteiger partial charge < -0.3 is 0 Å². The Hall–Kier alpha value is -1.09. The molecule has 0 fully saturated rings. The second kappa shape index (κ2) is 6.90. The molecule has 0 amide bonds. The van der Waals surface area contributed by atoms with E-state index >= 15 is 0 Å². The van der Waals surface area contributed by atoms with Crippen molar-refractivity contribution in [2.75, 3.05) is 0 Å². The van der Waals surface area contributed by atoms with Gasteiger partial charge >= 0.3 is 0 Å². The van der Waals surface area contributed by atoms with E-state index in [1.54, 1.807) is 6.07 Å². The fourth-order valence-corrected chi connectivity index (χ4v) is 2.48. The third-order valence-electron chi connectivity index (χ3n) is 3.94. The summed E-state index contributed by atoms with van der Waals surface area (Å²) in [5.41, 5.74) is 2.91. The van der Waals surface area contributed by atoms with Gasteiger partial charge in [0, 0.05) is 11.6 Å². The summed E-state index contributed by atoms with van der Waals surface area (Å²) in [6.07, 6.45) is 1.92. The van der Waals surface area contributed by atoms with Gasteiger partial charge in [0.2, 0.25) is 0 Å². The Morgan fingerprint density at radius 3 is 2.21 bits per heavy atom. The highest BCUT2D eigenvalue weighted by Crippen LogP contribution is 2.35. The average Bonchev–Trinajstić information content (AvgIpc) is 2.43. The van der Waals surface area contributed by atoms with Gasteiger partial charge in [0.05, 0.1) is 10.8 Å². The summed E-state index contributed by atoms with van der Waals surface area (Å²) in [5.74, 6) is 0.805. The zero-order valence-corrected chi connectivity index (χ0v) is 12.8. The fraction of sp³-hybridized carbons (Fsp3) is 0.600. The predicted octanol–water partition coefficient (Wildman–Crippen LogP) is 5.36. The van der Waals surface area contributed by atoms with Crippen molar-refractivity contribution in [2.45, 2.75) is 58.3 Å². The topological polar surface area (TPSA) is 43.1 Å². The SMILES string of the molecule is CCC(C)c1cc(C(C)CC)c(CCl)c([N+](=O)[O-])c1. The van der Waals surface area contributed by atoms with E-state index < -0.39 is 0 Å². The number of hydrogen-bond acceptors (Lipinski definition) is 2. The molecule has 2 atom stereocenters. The second-order valence-corrected chi connectivity index (χ2v) is 5.38. The van der Waals surface area contributed by atoms with E-state index in [1.165, 1.54) is 0 Å². The molecule has 0 aliphatic heterocycles. The van der Waals surface area contributed by atoms with Crippen LogP contribution in [-0.4, -0.2) is 4.92 Å². The van der Waals surface area contributed by atoms with Crippen molar-refractivity contribution < 1.29 is 4.92 Å². The largest absolute Gasteiger partial charge is 0.274 e. The van der Waals surface area contributed by atoms with Crippen LogP contribution in [0.3, 0.4) is 0 Å². The van der Waals surface area contributed by atoms with E-state index in [-0.39, 0.29) is 22.4 Å². The van der Waals surface area contributed by atoms with Gasteiger partial charge in [-0.3, -0.25) is 10.1 Å². The highest BCUT2D eigenvalue weighted by atomic mass is 35.5. The summed E-state index contributed by atoms with van der Waals surface area (Å²) in [7, 11) is 0. The lowest BCUT2D eigenvalue weighted by molar-refractivity contribution is -0.385. The zero-order chi connectivity index (χ0) is 14.6. The molecule has 0 radical (unpaired) electrons. The number of nitrogens with zero attached hydrogens (tertiary/aromatic N) is 1. The first kappa shape index (κ1) is 16.0. The summed E-state index contributed by atoms with van der Waals surface area (Å²) in [5, 5.41) is 11.3. The first-order valence-corrected chi connectivity index (χ1v) is 7.36. The number of nitro benzene ring substituents is 1. The molecule has 0 heterocycles. The molecule has 4 heteroatoms. The van der Waals surface area contributed by atoms with Crippen LogP contribution in [0.2, 0.25) is 0 Å². The zero-order valence-electron chi connectivity index (χ0n) is 12.1. The number of hydrogen-bond donors (Lipinski definition) is 0. The Kier molecular flexibility index (Phi) is 5.80. The van der Waals surface area contributed by atoms with Crippen molar-refractivity contribution in [3.8, 4) is 0 Å². The van der Waals surface area contributed by atoms with Crippen molar-refractivity contribution in [2.24, 2.45) is 0 Å². The summed E-state index contributed by atoms with van der Waals surface area (Å²) >= 11 is 5.94. The normalized spacial score (nSPS) is 14.2. The molecular formula is C15H22ClNO2. The smallest absolute Gasteiger partial charge is 0.258 e. The van der Waals surface area contributed by atoms with E-state index in [1.807, 2.05) is 0 Å². The van der Waals surface area contributed by atoms with Crippen LogP contribution in [-0.2, 0) is 5.88 Å². The first-order chi connectivity index (χ1) is 8.96. The predicted molar refractivity (Wildman–Crippen MR) is 80.1 cm³/mol. The molecule has 0 saturated heterocycles. The standard InChI is InChI=1S/C15H22ClNO2/c1-5-10(3)12-7-13(11(4)6-2)14(9-16)15(8-12)17(18)19/h7-8,10-11H,5-6,9H2,1-4H3. The summed E-state index contributed by atoms with van der Waals surface area (Å²) in [6, 6.07) is 3.80. The van der Waals surface area contributed by atoms with Crippen molar-refractivity contribution in [3.05, 3.63) is 38.9 Å². The molecule has 106 valence electrons. The van der Waals surface area contributed by atoms with Crippen molar-refractivity contribution in [1.29, 1.82) is 0 Å². The van der Waals surface area contributed by atoms with E-state index in [2.05, 4.69) is 33.8 Å². The molecule has 0 aliphatic rings. The molecule has 0 N–H and O–H groups in total. The molecule has 1 aromatic rings. The van der Waals surface area contributed by atoms with E-state index in [4.69, 9.17) is 11.6 Å². The third kappa shape index (κ3) is 3.47. The second-order valence-electron chi connectivity index (χ2n) is 5.12. The van der Waals surface area contributed by atoms with Gasteiger partial charge in [0.1, 0.15) is 0 Å². The van der Waals surface area contributed by atoms with Crippen LogP contribution in [0, 0.1) is 10.1 Å². The maximum absolute atomic E-state index is 11.3. The summed E-state index contributed by atoms with van der Waals surface area (Å²) < 4.78 is 0. The minimum atomic E-state index is -0.310. The molecule has 1 rings (SSSR count). The number of benzene rings is 1. The van der Waals surface area contributed by atoms with Gasteiger partial charge in [-0.2, -0.15) is 0 Å². The van der Waals surface area contributed by atoms with Crippen LogP contribution in [0.4, 0.5) is 5.69 Å². The molecule has 0 aromatic heterocycles. The van der Waals surface area contributed by atoms with Crippen LogP contribution in [0.1, 0.15) is 69.1 Å². The molecule has 3 nitrogen and oxygen atoms in total. The lowest BCUT2D eigenvalue weighted by Gasteiger charge is -2.18. The van der Waals surface area contributed by atoms with Crippen LogP contribution in [0.25, 0.3) is 0 Å². The fourth-order valence-electron chi connectivity index (χ4n) is 2.19. The van der Waals surface area contributed by atoms with Crippen molar-refractivity contribution in [3.63, 3.8) is 0 Å². The lowest BCUT2D eigenvalue weighted by atomic mass is 9.87. The molecular weight excluding hydrogens is 262 g/mol. The van der Waals surface area contributed by atoms with Crippen LogP contribution < -0.4 is 0 Å². The van der Waals surface area contributed by atoms with Crippen molar-refractivity contribution in [1.82, 2.24) is 0 Å². The van der Waals surface area contributed by atoms with Gasteiger partial charge in [-0.25, -0.2) is 0 Å². The van der Waals surface area contributed by atoms with Gasteiger partial charge in [0.15, 0.2) is 0 Å². The average molecular weight is 284 g/mol. The van der Waals surface area contributed by atoms with Crippen LogP contribution in [0.15, 0.2) is 12.1 Å². The molecule has 19 heavy (non-hydrogen) atoms. The number of alkyl halides is 1. The van der Waals surface area contributed by atoms with Crippen LogP contribution >= 0.6 is 11.6 Å². The van der Waals surface area contributed by atoms with Gasteiger partial charge in [0.25, 0.3) is 5.69 Å². The number of rotatable bonds is 6. The van der Waals surface area contributed by atoms with E-state index in [9.17, 15) is 10.1 Å². The Bertz CT molecular complexity index is 460. The molecule has 2 unspecified atom stereocenters. The first-order valence-electron chi connectivity index (χ1n) is 6.83. The molecule has 0 aliphatic carbocycles. The minimum Gasteiger partial charge on any atom is -0.258 e. The molecule has 1 aromatic carbocycles. The third-order valence-corrected chi connectivity index (χ3v) is 4.21. The molecule has 0 bridgehead atoms. The highest BCUT2D eigenvalue weighted by molar-refractivity contribution is 6.17. The Labute approximate surface area is 120 Å². The van der Waals surface area contributed by atoms with Gasteiger partial charge in [-0.05, 0) is 35.8 Å². The molecule has 0 saturated carbocycles. The Balaban J connectivity index is 3.49. The number of halogens is 1. The maximum atomic E-state index is 11.3. The maximum Gasteiger partial charge on any atom is 0.274 e. The van der Waals surface area contributed by atoms with Gasteiger partial charge in [-0.15, -0.1) is 11.6 Å². The van der Waals surface area contributed by atoms with Crippen molar-refractivity contribution >= 4 is 17.3 Å². The van der Waals surface area contributed by atoms with Gasteiger partial charge in [-0.1, -0.05) is 33.8 Å². The Morgan fingerprint density at radius 2 is 1.79 bits per heavy atom. The highest BCUT2D eigenvalue weighted by Gasteiger charge is 2.22. The number of nitro groups is 1. The summed E-state index contributed by atoms with van der Waals surface area (Å²) in [4.78, 5) is 10.9. The quantitative estimate of drug-likeness (QED) is 0.401.